The molecule has 2 aliphatic heterocycles. The Labute approximate surface area is 115 Å². The van der Waals surface area contributed by atoms with Crippen molar-refractivity contribution in [2.24, 2.45) is 11.8 Å². The average molecular weight is 270 g/mol. The lowest BCUT2D eigenvalue weighted by Gasteiger charge is -2.12. The van der Waals surface area contributed by atoms with Crippen LogP contribution in [0.5, 0.6) is 0 Å². The number of anilines is 1. The normalized spacial score (nSPS) is 24.8. The highest BCUT2D eigenvalue weighted by molar-refractivity contribution is 5.82. The number of benzene rings is 1. The predicted molar refractivity (Wildman–Crippen MR) is 71.9 cm³/mol. The number of hydrogen-bond donors (Lipinski definition) is 1. The quantitative estimate of drug-likeness (QED) is 0.878. The van der Waals surface area contributed by atoms with E-state index in [0.29, 0.717) is 24.3 Å². The third-order valence-corrected chi connectivity index (χ3v) is 4.03. The molecule has 2 saturated heterocycles. The van der Waals surface area contributed by atoms with Crippen molar-refractivity contribution in [3.8, 4) is 11.4 Å². The van der Waals surface area contributed by atoms with Crippen LogP contribution in [-0.4, -0.2) is 35.7 Å². The van der Waals surface area contributed by atoms with Gasteiger partial charge in [0.2, 0.25) is 11.7 Å². The number of carbonyl (C=O) groups excluding carboxylic acids is 1. The van der Waals surface area contributed by atoms with Crippen molar-refractivity contribution in [1.82, 2.24) is 15.5 Å². The number of aromatic nitrogens is 2. The largest absolute Gasteiger partial charge is 0.355 e. The molecule has 6 nitrogen and oxygen atoms in total. The van der Waals surface area contributed by atoms with E-state index < -0.39 is 0 Å². The molecule has 0 unspecified atom stereocenters. The summed E-state index contributed by atoms with van der Waals surface area (Å²) in [7, 11) is 0. The molecule has 1 aromatic heterocycles. The Bertz CT molecular complexity index is 640. The van der Waals surface area contributed by atoms with E-state index in [0.717, 1.165) is 18.7 Å². The zero-order valence-corrected chi connectivity index (χ0v) is 10.8. The summed E-state index contributed by atoms with van der Waals surface area (Å²) in [5.41, 5.74) is 0.930. The first-order valence-corrected chi connectivity index (χ1v) is 6.73. The minimum atomic E-state index is 0.0575. The van der Waals surface area contributed by atoms with Crippen LogP contribution >= 0.6 is 0 Å². The molecule has 0 radical (unpaired) electrons. The molecule has 0 aliphatic carbocycles. The molecular formula is C14H14N4O2. The van der Waals surface area contributed by atoms with Crippen molar-refractivity contribution in [2.45, 2.75) is 0 Å². The summed E-state index contributed by atoms with van der Waals surface area (Å²) in [6.07, 6.45) is 0. The smallest absolute Gasteiger partial charge is 0.324 e. The van der Waals surface area contributed by atoms with Gasteiger partial charge in [-0.3, -0.25) is 4.79 Å². The minimum Gasteiger partial charge on any atom is -0.355 e. The molecule has 1 N–H and O–H groups in total. The van der Waals surface area contributed by atoms with Gasteiger partial charge in [-0.1, -0.05) is 35.5 Å². The van der Waals surface area contributed by atoms with Crippen LogP contribution in [0.3, 0.4) is 0 Å². The van der Waals surface area contributed by atoms with E-state index in [9.17, 15) is 4.79 Å². The summed E-state index contributed by atoms with van der Waals surface area (Å²) in [6, 6.07) is 10.2. The summed E-state index contributed by atoms with van der Waals surface area (Å²) < 4.78 is 5.34. The van der Waals surface area contributed by atoms with E-state index in [4.69, 9.17) is 4.52 Å². The van der Waals surface area contributed by atoms with Crippen molar-refractivity contribution in [3.63, 3.8) is 0 Å². The number of hydrogen-bond acceptors (Lipinski definition) is 5. The number of carbonyl (C=O) groups is 1. The first-order chi connectivity index (χ1) is 9.81. The van der Waals surface area contributed by atoms with Crippen molar-refractivity contribution in [3.05, 3.63) is 30.3 Å². The van der Waals surface area contributed by atoms with Crippen molar-refractivity contribution in [2.75, 3.05) is 24.5 Å². The Hall–Kier alpha value is -2.37. The van der Waals surface area contributed by atoms with Gasteiger partial charge in [0.25, 0.3) is 0 Å². The van der Waals surface area contributed by atoms with Gasteiger partial charge in [-0.15, -0.1) is 0 Å². The summed E-state index contributed by atoms with van der Waals surface area (Å²) in [4.78, 5) is 18.1. The van der Waals surface area contributed by atoms with Gasteiger partial charge in [0.15, 0.2) is 0 Å². The number of nitrogens with one attached hydrogen (secondary N) is 1. The summed E-state index contributed by atoms with van der Waals surface area (Å²) in [5.74, 6) is 1.14. The molecular weight excluding hydrogens is 256 g/mol. The molecule has 1 amide bonds. The highest BCUT2D eigenvalue weighted by Gasteiger charge is 2.43. The molecule has 0 spiro atoms. The van der Waals surface area contributed by atoms with Gasteiger partial charge >= 0.3 is 6.01 Å². The molecule has 6 heteroatoms. The lowest BCUT2D eigenvalue weighted by molar-refractivity contribution is -0.122. The van der Waals surface area contributed by atoms with Crippen LogP contribution in [-0.2, 0) is 4.79 Å². The maximum absolute atomic E-state index is 11.7. The van der Waals surface area contributed by atoms with Crippen LogP contribution in [0, 0.1) is 11.8 Å². The van der Waals surface area contributed by atoms with Gasteiger partial charge in [-0.2, -0.15) is 4.98 Å². The third kappa shape index (κ3) is 1.76. The molecule has 0 bridgehead atoms. The molecule has 0 saturated carbocycles. The highest BCUT2D eigenvalue weighted by atomic mass is 16.5. The Morgan fingerprint density at radius 2 is 2.10 bits per heavy atom. The summed E-state index contributed by atoms with van der Waals surface area (Å²) in [6.45, 7) is 2.20. The molecule has 20 heavy (non-hydrogen) atoms. The number of nitrogens with zero attached hydrogens (tertiary/aromatic N) is 3. The van der Waals surface area contributed by atoms with E-state index in [1.165, 1.54) is 0 Å². The first-order valence-electron chi connectivity index (χ1n) is 6.73. The molecule has 2 fully saturated rings. The SMILES string of the molecule is O=C1NC[C@H]2CN(c3nc(-c4ccccc4)no3)C[C@@H]12. The maximum atomic E-state index is 11.7. The second kappa shape index (κ2) is 4.33. The van der Waals surface area contributed by atoms with Gasteiger partial charge < -0.3 is 14.7 Å². The van der Waals surface area contributed by atoms with E-state index in [-0.39, 0.29) is 11.8 Å². The predicted octanol–water partition coefficient (Wildman–Crippen LogP) is 0.919. The summed E-state index contributed by atoms with van der Waals surface area (Å²) in [5, 5.41) is 6.91. The topological polar surface area (TPSA) is 71.3 Å². The number of rotatable bonds is 2. The monoisotopic (exact) mass is 270 g/mol. The van der Waals surface area contributed by atoms with Crippen LogP contribution in [0.1, 0.15) is 0 Å². The maximum Gasteiger partial charge on any atom is 0.324 e. The lowest BCUT2D eigenvalue weighted by Crippen LogP contribution is -2.28. The van der Waals surface area contributed by atoms with Crippen LogP contribution in [0.25, 0.3) is 11.4 Å². The van der Waals surface area contributed by atoms with E-state index in [1.807, 2.05) is 35.2 Å². The zero-order valence-electron chi connectivity index (χ0n) is 10.8. The second-order valence-corrected chi connectivity index (χ2v) is 5.28. The first kappa shape index (κ1) is 11.5. The van der Waals surface area contributed by atoms with Crippen LogP contribution in [0.4, 0.5) is 6.01 Å². The lowest BCUT2D eigenvalue weighted by atomic mass is 10.0. The van der Waals surface area contributed by atoms with Crippen molar-refractivity contribution < 1.29 is 9.32 Å². The minimum absolute atomic E-state index is 0.0575. The average Bonchev–Trinajstić information content (AvgIpc) is 3.17. The van der Waals surface area contributed by atoms with Crippen LogP contribution in [0.15, 0.2) is 34.9 Å². The van der Waals surface area contributed by atoms with Gasteiger partial charge in [-0.05, 0) is 0 Å². The Morgan fingerprint density at radius 1 is 1.25 bits per heavy atom. The molecule has 102 valence electrons. The fourth-order valence-corrected chi connectivity index (χ4v) is 2.94. The Balaban J connectivity index is 1.56. The van der Waals surface area contributed by atoms with E-state index in [2.05, 4.69) is 15.5 Å². The molecule has 4 rings (SSSR count). The fourth-order valence-electron chi connectivity index (χ4n) is 2.94. The molecule has 2 atom stereocenters. The van der Waals surface area contributed by atoms with Gasteiger partial charge in [0, 0.05) is 31.1 Å². The number of fused-ring (bicyclic) bond motifs is 1. The Morgan fingerprint density at radius 3 is 2.90 bits per heavy atom. The number of amides is 1. The van der Waals surface area contributed by atoms with Gasteiger partial charge in [0.1, 0.15) is 0 Å². The molecule has 2 aliphatic rings. The highest BCUT2D eigenvalue weighted by Crippen LogP contribution is 2.31. The van der Waals surface area contributed by atoms with Gasteiger partial charge in [-0.25, -0.2) is 0 Å². The van der Waals surface area contributed by atoms with E-state index >= 15 is 0 Å². The fraction of sp³-hybridized carbons (Fsp3) is 0.357. The molecule has 1 aromatic carbocycles. The van der Waals surface area contributed by atoms with Crippen molar-refractivity contribution in [1.29, 1.82) is 0 Å². The molecule has 3 heterocycles. The standard InChI is InChI=1S/C14H14N4O2/c19-13-11-8-18(7-10(11)6-15-13)14-16-12(17-20-14)9-4-2-1-3-5-9/h1-5,10-11H,6-8H2,(H,15,19)/t10-,11+/m0/s1. The van der Waals surface area contributed by atoms with Gasteiger partial charge in [0.05, 0.1) is 5.92 Å². The zero-order chi connectivity index (χ0) is 13.5. The van der Waals surface area contributed by atoms with Crippen molar-refractivity contribution >= 4 is 11.9 Å². The third-order valence-electron chi connectivity index (χ3n) is 4.03. The molecule has 2 aromatic rings. The van der Waals surface area contributed by atoms with Crippen LogP contribution < -0.4 is 10.2 Å². The van der Waals surface area contributed by atoms with Crippen LogP contribution in [0.2, 0.25) is 0 Å². The Kier molecular flexibility index (Phi) is 2.48. The second-order valence-electron chi connectivity index (χ2n) is 5.28. The summed E-state index contributed by atoms with van der Waals surface area (Å²) >= 11 is 0. The van der Waals surface area contributed by atoms with E-state index in [1.54, 1.807) is 0 Å².